The average molecular weight is 564 g/mol. The van der Waals surface area contributed by atoms with E-state index in [0.29, 0.717) is 49.9 Å². The van der Waals surface area contributed by atoms with Gasteiger partial charge < -0.3 is 14.5 Å². The zero-order chi connectivity index (χ0) is 28.3. The fourth-order valence-electron chi connectivity index (χ4n) is 7.58. The van der Waals surface area contributed by atoms with Gasteiger partial charge >= 0.3 is 6.09 Å². The largest absolute Gasteiger partial charge is 0.442 e. The first-order chi connectivity index (χ1) is 19.3. The molecule has 6 nitrogen and oxygen atoms in total. The van der Waals surface area contributed by atoms with Crippen LogP contribution >= 0.6 is 0 Å². The third-order valence-electron chi connectivity index (χ3n) is 9.98. The van der Waals surface area contributed by atoms with Crippen LogP contribution in [0.3, 0.4) is 0 Å². The number of amides is 2. The zero-order valence-corrected chi connectivity index (χ0v) is 23.8. The van der Waals surface area contributed by atoms with Gasteiger partial charge in [0.1, 0.15) is 28.6 Å². The van der Waals surface area contributed by atoms with Crippen LogP contribution in [0, 0.1) is 29.3 Å². The number of halogens is 3. The molecule has 0 bridgehead atoms. The Kier molecular flexibility index (Phi) is 9.28. The van der Waals surface area contributed by atoms with Crippen molar-refractivity contribution in [1.29, 1.82) is 0 Å². The van der Waals surface area contributed by atoms with Gasteiger partial charge in [-0.3, -0.25) is 9.69 Å². The van der Waals surface area contributed by atoms with Crippen LogP contribution < -0.4 is 0 Å². The highest BCUT2D eigenvalue weighted by molar-refractivity contribution is 5.94. The first-order valence-corrected chi connectivity index (χ1v) is 15.5. The van der Waals surface area contributed by atoms with E-state index in [1.807, 2.05) is 4.90 Å². The number of likely N-dealkylation sites (tertiary alicyclic amines) is 2. The Labute approximate surface area is 236 Å². The number of benzene rings is 1. The number of nitrogens with zero attached hydrogens (tertiary/aromatic N) is 3. The topological polar surface area (TPSA) is 53.1 Å². The molecule has 1 unspecified atom stereocenters. The van der Waals surface area contributed by atoms with Crippen LogP contribution in [-0.4, -0.2) is 77.6 Å². The molecule has 0 radical (unpaired) electrons. The number of hydrogen-bond donors (Lipinski definition) is 0. The van der Waals surface area contributed by atoms with Crippen LogP contribution in [0.4, 0.5) is 18.0 Å². The maximum atomic E-state index is 14.2. The summed E-state index contributed by atoms with van der Waals surface area (Å²) in [5.74, 6) is -3.15. The summed E-state index contributed by atoms with van der Waals surface area (Å²) >= 11 is 0. The van der Waals surface area contributed by atoms with Gasteiger partial charge in [0, 0.05) is 76.2 Å². The van der Waals surface area contributed by atoms with Crippen molar-refractivity contribution in [2.24, 2.45) is 11.8 Å². The van der Waals surface area contributed by atoms with E-state index in [1.165, 1.54) is 37.0 Å². The van der Waals surface area contributed by atoms with Gasteiger partial charge in [0.05, 0.1) is 0 Å². The highest BCUT2D eigenvalue weighted by atomic mass is 19.1. The minimum Gasteiger partial charge on any atom is -0.442 e. The molecule has 1 aromatic rings. The van der Waals surface area contributed by atoms with Crippen molar-refractivity contribution < 1.29 is 27.5 Å². The number of piperidine rings is 2. The lowest BCUT2D eigenvalue weighted by atomic mass is 9.75. The van der Waals surface area contributed by atoms with Crippen molar-refractivity contribution in [2.75, 3.05) is 39.3 Å². The fraction of sp³-hybridized carbons (Fsp3) is 0.742. The van der Waals surface area contributed by atoms with Crippen molar-refractivity contribution in [3.63, 3.8) is 0 Å². The maximum absolute atomic E-state index is 14.2. The van der Waals surface area contributed by atoms with Crippen molar-refractivity contribution in [2.45, 2.75) is 95.6 Å². The van der Waals surface area contributed by atoms with Crippen LogP contribution in [-0.2, 0) is 4.74 Å². The molecular weight excluding hydrogens is 519 g/mol. The number of rotatable bonds is 7. The van der Waals surface area contributed by atoms with Gasteiger partial charge in [-0.1, -0.05) is 39.0 Å². The fourth-order valence-corrected chi connectivity index (χ4v) is 7.58. The van der Waals surface area contributed by atoms with Crippen molar-refractivity contribution in [1.82, 2.24) is 14.7 Å². The van der Waals surface area contributed by atoms with Crippen molar-refractivity contribution >= 4 is 12.0 Å². The molecule has 1 spiro atoms. The van der Waals surface area contributed by atoms with Crippen molar-refractivity contribution in [3.05, 3.63) is 35.1 Å². The quantitative estimate of drug-likeness (QED) is 0.386. The normalized spacial score (nSPS) is 24.9. The molecule has 40 heavy (non-hydrogen) atoms. The molecule has 222 valence electrons. The minimum absolute atomic E-state index is 0.140. The Morgan fingerprint density at radius 1 is 0.975 bits per heavy atom. The lowest BCUT2D eigenvalue weighted by Crippen LogP contribution is -2.61. The van der Waals surface area contributed by atoms with Crippen molar-refractivity contribution in [3.8, 4) is 0 Å². The van der Waals surface area contributed by atoms with Crippen LogP contribution in [0.5, 0.6) is 0 Å². The molecule has 1 atom stereocenters. The Balaban J connectivity index is 1.16. The summed E-state index contributed by atoms with van der Waals surface area (Å²) < 4.78 is 48.0. The van der Waals surface area contributed by atoms with Crippen LogP contribution in [0.1, 0.15) is 94.3 Å². The number of ether oxygens (including phenoxy) is 1. The molecule has 0 N–H and O–H groups in total. The Hall–Kier alpha value is -2.29. The van der Waals surface area contributed by atoms with E-state index < -0.39 is 34.5 Å². The highest BCUT2D eigenvalue weighted by Crippen LogP contribution is 2.42. The molecule has 3 aliphatic heterocycles. The summed E-state index contributed by atoms with van der Waals surface area (Å²) in [6.07, 6.45) is 12.5. The second kappa shape index (κ2) is 12.7. The number of unbranched alkanes of at least 4 members (excludes halogenated alkanes) is 1. The van der Waals surface area contributed by atoms with Gasteiger partial charge in [-0.15, -0.1) is 0 Å². The monoisotopic (exact) mass is 563 g/mol. The average Bonchev–Trinajstić information content (AvgIpc) is 2.94. The zero-order valence-electron chi connectivity index (χ0n) is 23.8. The molecule has 2 amide bonds. The minimum atomic E-state index is -1.16. The van der Waals surface area contributed by atoms with Gasteiger partial charge in [0.15, 0.2) is 0 Å². The molecule has 4 fully saturated rings. The lowest BCUT2D eigenvalue weighted by molar-refractivity contribution is -0.127. The van der Waals surface area contributed by atoms with Gasteiger partial charge in [0.25, 0.3) is 5.91 Å². The van der Waals surface area contributed by atoms with Gasteiger partial charge in [-0.2, -0.15) is 0 Å². The second-order valence-electron chi connectivity index (χ2n) is 12.5. The molecule has 5 rings (SSSR count). The Morgan fingerprint density at radius 3 is 2.25 bits per heavy atom. The molecule has 1 aliphatic carbocycles. The van der Waals surface area contributed by atoms with E-state index in [4.69, 9.17) is 4.74 Å². The lowest BCUT2D eigenvalue weighted by Gasteiger charge is -2.52. The third kappa shape index (κ3) is 6.29. The van der Waals surface area contributed by atoms with E-state index >= 15 is 0 Å². The Morgan fingerprint density at radius 2 is 1.62 bits per heavy atom. The van der Waals surface area contributed by atoms with E-state index in [1.54, 1.807) is 0 Å². The summed E-state index contributed by atoms with van der Waals surface area (Å²) in [6.45, 7) is 6.28. The summed E-state index contributed by atoms with van der Waals surface area (Å²) in [5, 5.41) is 0. The van der Waals surface area contributed by atoms with Gasteiger partial charge in [-0.25, -0.2) is 18.0 Å². The van der Waals surface area contributed by atoms with E-state index in [0.717, 1.165) is 58.3 Å². The molecule has 4 aliphatic rings. The van der Waals surface area contributed by atoms with Gasteiger partial charge in [-0.05, 0) is 38.0 Å². The van der Waals surface area contributed by atoms with E-state index in [9.17, 15) is 22.8 Å². The van der Waals surface area contributed by atoms with E-state index in [2.05, 4.69) is 11.8 Å². The summed E-state index contributed by atoms with van der Waals surface area (Å²) in [5.41, 5.74) is -1.09. The highest BCUT2D eigenvalue weighted by Gasteiger charge is 2.50. The molecule has 0 aromatic heterocycles. The third-order valence-corrected chi connectivity index (χ3v) is 9.98. The number of carbonyl (C=O) groups is 2. The SMILES string of the molecule is CCCCC1CN(CC2CCCCC2)C(=O)OC12CCN(C1CCN(C(=O)c3c(F)cc(F)cc3F)CC1)CC2. The number of hydrogen-bond acceptors (Lipinski definition) is 4. The van der Waals surface area contributed by atoms with Crippen LogP contribution in [0.25, 0.3) is 0 Å². The first kappa shape index (κ1) is 29.2. The first-order valence-electron chi connectivity index (χ1n) is 15.5. The molecule has 1 saturated carbocycles. The second-order valence-corrected chi connectivity index (χ2v) is 12.5. The predicted molar refractivity (Wildman–Crippen MR) is 146 cm³/mol. The molecule has 9 heteroatoms. The molecule has 1 aromatic carbocycles. The Bertz CT molecular complexity index is 1020. The summed E-state index contributed by atoms with van der Waals surface area (Å²) in [4.78, 5) is 31.9. The molecule has 3 saturated heterocycles. The maximum Gasteiger partial charge on any atom is 0.410 e. The van der Waals surface area contributed by atoms with E-state index in [-0.39, 0.29) is 12.1 Å². The predicted octanol–water partition coefficient (Wildman–Crippen LogP) is 6.38. The number of carbonyl (C=O) groups excluding carboxylic acids is 2. The van der Waals surface area contributed by atoms with Crippen LogP contribution in [0.15, 0.2) is 12.1 Å². The summed E-state index contributed by atoms with van der Waals surface area (Å²) in [6, 6.07) is 1.36. The standard InChI is InChI=1S/C31H44F3N3O3/c1-2-3-9-23-21-37(20-22-7-5-4-6-8-22)30(39)40-31(23)12-16-35(17-13-31)25-10-14-36(15-11-25)29(38)28-26(33)18-24(32)19-27(28)34/h18-19,22-23,25H,2-17,20-21H2,1H3. The smallest absolute Gasteiger partial charge is 0.410 e. The van der Waals surface area contributed by atoms with Gasteiger partial charge in [0.2, 0.25) is 0 Å². The molecule has 3 heterocycles. The van der Waals surface area contributed by atoms with Crippen LogP contribution in [0.2, 0.25) is 0 Å². The summed E-state index contributed by atoms with van der Waals surface area (Å²) in [7, 11) is 0. The molecular formula is C31H44F3N3O3.